The molecule has 0 heterocycles. The highest BCUT2D eigenvalue weighted by molar-refractivity contribution is 7.80. The Morgan fingerprint density at radius 1 is 0.935 bits per heavy atom. The molecule has 0 saturated carbocycles. The zero-order valence-corrected chi connectivity index (χ0v) is 18.2. The molecule has 0 amide bonds. The van der Waals surface area contributed by atoms with Crippen molar-refractivity contribution in [2.24, 2.45) is 0 Å². The highest BCUT2D eigenvalue weighted by atomic mass is 32.1. The average Bonchev–Trinajstić information content (AvgIpc) is 2.83. The normalized spacial score (nSPS) is 11.4. The Labute approximate surface area is 187 Å². The van der Waals surface area contributed by atoms with Crippen LogP contribution < -0.4 is 10.1 Å². The molecule has 0 aliphatic carbocycles. The molecular weight excluding hydrogens is 410 g/mol. The van der Waals surface area contributed by atoms with Crippen LogP contribution in [-0.2, 0) is 16.0 Å². The number of methoxy groups -OCH3 is 1. The van der Waals surface area contributed by atoms with E-state index in [2.05, 4.69) is 17.9 Å². The van der Waals surface area contributed by atoms with Crippen molar-refractivity contribution in [3.63, 3.8) is 0 Å². The summed E-state index contributed by atoms with van der Waals surface area (Å²) in [7, 11) is 1.35. The molecule has 0 aromatic heterocycles. The lowest BCUT2D eigenvalue weighted by molar-refractivity contribution is -0.141. The van der Waals surface area contributed by atoms with Crippen molar-refractivity contribution >= 4 is 30.1 Å². The van der Waals surface area contributed by atoms with Crippen LogP contribution in [0, 0.1) is 0 Å². The van der Waals surface area contributed by atoms with Gasteiger partial charge in [-0.3, -0.25) is 4.79 Å². The smallest absolute Gasteiger partial charge is 0.328 e. The fourth-order valence-corrected chi connectivity index (χ4v) is 3.29. The molecule has 0 aliphatic heterocycles. The highest BCUT2D eigenvalue weighted by Crippen LogP contribution is 2.22. The molecular formula is C25H25NO4S. The molecule has 1 atom stereocenters. The molecule has 160 valence electrons. The fourth-order valence-electron chi connectivity index (χ4n) is 3.20. The maximum absolute atomic E-state index is 13.0. The molecule has 1 N–H and O–H groups in total. The van der Waals surface area contributed by atoms with Crippen molar-refractivity contribution in [2.75, 3.05) is 24.8 Å². The molecule has 1 unspecified atom stereocenters. The lowest BCUT2D eigenvalue weighted by Gasteiger charge is -2.20. The summed E-state index contributed by atoms with van der Waals surface area (Å²) < 4.78 is 10.5. The van der Waals surface area contributed by atoms with Crippen molar-refractivity contribution in [1.29, 1.82) is 0 Å². The van der Waals surface area contributed by atoms with Crippen LogP contribution in [0.3, 0.4) is 0 Å². The van der Waals surface area contributed by atoms with Crippen LogP contribution >= 0.6 is 12.6 Å². The summed E-state index contributed by atoms with van der Waals surface area (Å²) in [5.41, 5.74) is 2.61. The topological polar surface area (TPSA) is 64.6 Å². The molecule has 0 aliphatic rings. The van der Waals surface area contributed by atoms with Crippen molar-refractivity contribution in [2.45, 2.75) is 12.5 Å². The minimum absolute atomic E-state index is 0.113. The Balaban J connectivity index is 1.80. The number of ketones is 1. The third-order valence-corrected chi connectivity index (χ3v) is 4.93. The van der Waals surface area contributed by atoms with Gasteiger partial charge in [0.05, 0.1) is 13.7 Å². The number of carbonyl (C=O) groups is 2. The number of ether oxygens (including phenoxy) is 2. The van der Waals surface area contributed by atoms with Gasteiger partial charge in [0, 0.05) is 29.0 Å². The molecule has 0 saturated heterocycles. The van der Waals surface area contributed by atoms with Crippen molar-refractivity contribution < 1.29 is 19.1 Å². The third kappa shape index (κ3) is 6.12. The third-order valence-electron chi connectivity index (χ3n) is 4.75. The predicted molar refractivity (Wildman–Crippen MR) is 125 cm³/mol. The van der Waals surface area contributed by atoms with Crippen LogP contribution in [0.1, 0.15) is 21.5 Å². The number of esters is 1. The zero-order chi connectivity index (χ0) is 22.1. The van der Waals surface area contributed by atoms with Gasteiger partial charge >= 0.3 is 5.97 Å². The summed E-state index contributed by atoms with van der Waals surface area (Å²) in [6, 6.07) is 23.1. The maximum atomic E-state index is 13.0. The van der Waals surface area contributed by atoms with Crippen LogP contribution in [-0.4, -0.2) is 37.3 Å². The van der Waals surface area contributed by atoms with Gasteiger partial charge in [0.1, 0.15) is 11.8 Å². The summed E-state index contributed by atoms with van der Waals surface area (Å²) in [4.78, 5) is 25.5. The van der Waals surface area contributed by atoms with Crippen molar-refractivity contribution in [1.82, 2.24) is 0 Å². The van der Waals surface area contributed by atoms with Crippen LogP contribution in [0.15, 0.2) is 78.9 Å². The molecule has 31 heavy (non-hydrogen) atoms. The fraction of sp³-hybridized carbons (Fsp3) is 0.200. The number of hydrogen-bond donors (Lipinski definition) is 2. The lowest BCUT2D eigenvalue weighted by atomic mass is 10.00. The summed E-state index contributed by atoms with van der Waals surface area (Å²) in [5.74, 6) is 0.867. The van der Waals surface area contributed by atoms with Gasteiger partial charge in [-0.25, -0.2) is 4.79 Å². The standard InChI is InChI=1S/C25H25NO4S/c1-29-25(28)23(17-18-11-13-20(14-12-18)30-15-16-31)26-22-10-6-5-9-21(22)24(27)19-7-3-2-4-8-19/h2-14,23,26,31H,15-17H2,1H3. The van der Waals surface area contributed by atoms with Gasteiger partial charge in [0.15, 0.2) is 5.78 Å². The van der Waals surface area contributed by atoms with E-state index in [0.717, 1.165) is 11.3 Å². The number of benzene rings is 3. The van der Waals surface area contributed by atoms with E-state index in [4.69, 9.17) is 9.47 Å². The second-order valence-corrected chi connectivity index (χ2v) is 7.33. The Hall–Kier alpha value is -3.25. The summed E-state index contributed by atoms with van der Waals surface area (Å²) in [5, 5.41) is 3.21. The SMILES string of the molecule is COC(=O)C(Cc1ccc(OCCS)cc1)Nc1ccccc1C(=O)c1ccccc1. The summed E-state index contributed by atoms with van der Waals surface area (Å²) in [6.07, 6.45) is 0.396. The molecule has 5 nitrogen and oxygen atoms in total. The minimum atomic E-state index is -0.654. The van der Waals surface area contributed by atoms with E-state index in [0.29, 0.717) is 35.6 Å². The summed E-state index contributed by atoms with van der Waals surface area (Å²) in [6.45, 7) is 0.529. The predicted octanol–water partition coefficient (Wildman–Crippen LogP) is 4.42. The number of rotatable bonds is 10. The highest BCUT2D eigenvalue weighted by Gasteiger charge is 2.22. The van der Waals surface area contributed by atoms with E-state index in [1.807, 2.05) is 48.5 Å². The molecule has 0 fully saturated rings. The Bertz CT molecular complexity index is 1010. The number of anilines is 1. The van der Waals surface area contributed by atoms with E-state index in [-0.39, 0.29) is 5.78 Å². The maximum Gasteiger partial charge on any atom is 0.328 e. The zero-order valence-electron chi connectivity index (χ0n) is 17.3. The van der Waals surface area contributed by atoms with Gasteiger partial charge in [-0.05, 0) is 29.8 Å². The van der Waals surface area contributed by atoms with Gasteiger partial charge in [-0.15, -0.1) is 0 Å². The van der Waals surface area contributed by atoms with Crippen molar-refractivity contribution in [3.05, 3.63) is 95.6 Å². The number of nitrogens with one attached hydrogen (secondary N) is 1. The number of thiol groups is 1. The van der Waals surface area contributed by atoms with Gasteiger partial charge < -0.3 is 14.8 Å². The van der Waals surface area contributed by atoms with Gasteiger partial charge in [0.25, 0.3) is 0 Å². The molecule has 3 aromatic carbocycles. The summed E-state index contributed by atoms with van der Waals surface area (Å²) >= 11 is 4.13. The van der Waals surface area contributed by atoms with Gasteiger partial charge in [0.2, 0.25) is 0 Å². The Morgan fingerprint density at radius 3 is 2.29 bits per heavy atom. The molecule has 3 aromatic rings. The van der Waals surface area contributed by atoms with Crippen LogP contribution in [0.25, 0.3) is 0 Å². The first kappa shape index (κ1) is 22.4. The average molecular weight is 436 g/mol. The van der Waals surface area contributed by atoms with E-state index >= 15 is 0 Å². The van der Waals surface area contributed by atoms with Crippen LogP contribution in [0.5, 0.6) is 5.75 Å². The quantitative estimate of drug-likeness (QED) is 0.280. The van der Waals surface area contributed by atoms with E-state index in [9.17, 15) is 9.59 Å². The van der Waals surface area contributed by atoms with E-state index < -0.39 is 12.0 Å². The molecule has 0 spiro atoms. The Morgan fingerprint density at radius 2 is 1.61 bits per heavy atom. The first-order valence-corrected chi connectivity index (χ1v) is 10.6. The van der Waals surface area contributed by atoms with Crippen LogP contribution in [0.4, 0.5) is 5.69 Å². The Kier molecular flexibility index (Phi) is 8.12. The first-order chi connectivity index (χ1) is 15.1. The molecule has 0 bridgehead atoms. The lowest BCUT2D eigenvalue weighted by Crippen LogP contribution is -2.33. The number of para-hydroxylation sites is 1. The molecule has 6 heteroatoms. The van der Waals surface area contributed by atoms with Crippen molar-refractivity contribution in [3.8, 4) is 5.75 Å². The second kappa shape index (κ2) is 11.2. The second-order valence-electron chi connectivity index (χ2n) is 6.88. The number of hydrogen-bond acceptors (Lipinski definition) is 6. The van der Waals surface area contributed by atoms with E-state index in [1.165, 1.54) is 7.11 Å². The minimum Gasteiger partial charge on any atom is -0.493 e. The van der Waals surface area contributed by atoms with E-state index in [1.54, 1.807) is 30.3 Å². The monoisotopic (exact) mass is 435 g/mol. The van der Waals surface area contributed by atoms with Crippen LogP contribution in [0.2, 0.25) is 0 Å². The molecule has 3 rings (SSSR count). The molecule has 0 radical (unpaired) electrons. The first-order valence-electron chi connectivity index (χ1n) is 9.98. The largest absolute Gasteiger partial charge is 0.493 e. The van der Waals surface area contributed by atoms with Gasteiger partial charge in [-0.2, -0.15) is 12.6 Å². The van der Waals surface area contributed by atoms with Gasteiger partial charge in [-0.1, -0.05) is 54.6 Å². The number of carbonyl (C=O) groups excluding carboxylic acids is 2.